The first-order valence-electron chi connectivity index (χ1n) is 7.53. The maximum atomic E-state index is 14.0. The third-order valence-corrected chi connectivity index (χ3v) is 4.53. The number of hydrogen-bond donors (Lipinski definition) is 1. The number of nitrogens with one attached hydrogen (secondary N) is 1. The summed E-state index contributed by atoms with van der Waals surface area (Å²) in [6, 6.07) is 8.96. The number of amides is 1. The number of hydrogen-bond acceptors (Lipinski definition) is 4. The average molecular weight is 378 g/mol. The predicted octanol–water partition coefficient (Wildman–Crippen LogP) is 3.80. The second-order valence-electron chi connectivity index (χ2n) is 5.31. The molecule has 1 amide bonds. The molecule has 9 heteroatoms. The summed E-state index contributed by atoms with van der Waals surface area (Å²) < 4.78 is 42.0. The fourth-order valence-corrected chi connectivity index (χ4v) is 2.99. The second kappa shape index (κ2) is 7.61. The number of para-hydroxylation sites is 1. The molecule has 5 nitrogen and oxygen atoms in total. The van der Waals surface area contributed by atoms with E-state index < -0.39 is 28.6 Å². The summed E-state index contributed by atoms with van der Waals surface area (Å²) in [6.07, 6.45) is 1.34. The standard InChI is InChI=1S/C17H13F3N4OS/c1-10(16(25)22-14-7-6-11(18)8-13(14)20)26-17-23-21-9-24(17)15-5-3-2-4-12(15)19/h2-10H,1H3,(H,22,25)/t10-/m0/s1. The quantitative estimate of drug-likeness (QED) is 0.686. The predicted molar refractivity (Wildman–Crippen MR) is 91.6 cm³/mol. The van der Waals surface area contributed by atoms with Crippen LogP contribution in [-0.4, -0.2) is 25.9 Å². The molecule has 1 aromatic heterocycles. The van der Waals surface area contributed by atoms with E-state index in [1.165, 1.54) is 17.0 Å². The van der Waals surface area contributed by atoms with Gasteiger partial charge in [0.25, 0.3) is 0 Å². The van der Waals surface area contributed by atoms with Gasteiger partial charge < -0.3 is 5.32 Å². The van der Waals surface area contributed by atoms with E-state index >= 15 is 0 Å². The first-order valence-corrected chi connectivity index (χ1v) is 8.41. The van der Waals surface area contributed by atoms with Crippen LogP contribution in [0.5, 0.6) is 0 Å². The number of benzene rings is 2. The zero-order chi connectivity index (χ0) is 18.7. The fraction of sp³-hybridized carbons (Fsp3) is 0.118. The molecule has 1 heterocycles. The van der Waals surface area contributed by atoms with Crippen LogP contribution in [0.1, 0.15) is 6.92 Å². The van der Waals surface area contributed by atoms with Gasteiger partial charge in [-0.15, -0.1) is 10.2 Å². The molecule has 2 aromatic carbocycles. The zero-order valence-electron chi connectivity index (χ0n) is 13.5. The first-order chi connectivity index (χ1) is 12.5. The lowest BCUT2D eigenvalue weighted by molar-refractivity contribution is -0.115. The van der Waals surface area contributed by atoms with Gasteiger partial charge in [0.05, 0.1) is 16.6 Å². The summed E-state index contributed by atoms with van der Waals surface area (Å²) in [6.45, 7) is 1.59. The third-order valence-electron chi connectivity index (χ3n) is 3.47. The Morgan fingerprint density at radius 2 is 1.92 bits per heavy atom. The van der Waals surface area contributed by atoms with Crippen molar-refractivity contribution in [3.63, 3.8) is 0 Å². The molecule has 0 spiro atoms. The molecule has 0 unspecified atom stereocenters. The number of carbonyl (C=O) groups excluding carboxylic acids is 1. The molecule has 0 bridgehead atoms. The topological polar surface area (TPSA) is 59.8 Å². The molecule has 0 saturated carbocycles. The van der Waals surface area contributed by atoms with Gasteiger partial charge in [-0.2, -0.15) is 0 Å². The molecule has 0 aliphatic rings. The van der Waals surface area contributed by atoms with Crippen LogP contribution in [0.4, 0.5) is 18.9 Å². The normalized spacial score (nSPS) is 12.0. The Hall–Kier alpha value is -2.81. The molecule has 3 rings (SSSR count). The number of nitrogens with zero attached hydrogens (tertiary/aromatic N) is 3. The Labute approximate surface area is 151 Å². The molecule has 0 aliphatic carbocycles. The molecular weight excluding hydrogens is 365 g/mol. The lowest BCUT2D eigenvalue weighted by Gasteiger charge is -2.13. The van der Waals surface area contributed by atoms with Crippen molar-refractivity contribution >= 4 is 23.4 Å². The summed E-state index contributed by atoms with van der Waals surface area (Å²) >= 11 is 1.03. The summed E-state index contributed by atoms with van der Waals surface area (Å²) in [5, 5.41) is 9.65. The van der Waals surface area contributed by atoms with Gasteiger partial charge in [0.15, 0.2) is 5.16 Å². The molecule has 0 aliphatic heterocycles. The van der Waals surface area contributed by atoms with Gasteiger partial charge in [0.2, 0.25) is 5.91 Å². The first kappa shape index (κ1) is 18.0. The van der Waals surface area contributed by atoms with E-state index in [0.29, 0.717) is 11.2 Å². The minimum atomic E-state index is -0.870. The van der Waals surface area contributed by atoms with Crippen molar-refractivity contribution in [2.75, 3.05) is 5.32 Å². The van der Waals surface area contributed by atoms with Crippen LogP contribution in [0.15, 0.2) is 53.9 Å². The molecule has 1 atom stereocenters. The molecular formula is C17H13F3N4OS. The van der Waals surface area contributed by atoms with Crippen molar-refractivity contribution in [3.05, 3.63) is 66.2 Å². The highest BCUT2D eigenvalue weighted by Gasteiger charge is 2.20. The summed E-state index contributed by atoms with van der Waals surface area (Å²) in [7, 11) is 0. The second-order valence-corrected chi connectivity index (χ2v) is 6.62. The number of anilines is 1. The van der Waals surface area contributed by atoms with Crippen molar-refractivity contribution in [1.82, 2.24) is 14.8 Å². The summed E-state index contributed by atoms with van der Waals surface area (Å²) in [4.78, 5) is 12.3. The molecule has 26 heavy (non-hydrogen) atoms. The fourth-order valence-electron chi connectivity index (χ4n) is 2.15. The van der Waals surface area contributed by atoms with Gasteiger partial charge in [-0.25, -0.2) is 13.2 Å². The van der Waals surface area contributed by atoms with Gasteiger partial charge in [0, 0.05) is 6.07 Å². The van der Waals surface area contributed by atoms with Crippen LogP contribution >= 0.6 is 11.8 Å². The van der Waals surface area contributed by atoms with Gasteiger partial charge in [-0.1, -0.05) is 23.9 Å². The van der Waals surface area contributed by atoms with Gasteiger partial charge in [-0.05, 0) is 31.2 Å². The third kappa shape index (κ3) is 3.88. The number of aromatic nitrogens is 3. The zero-order valence-corrected chi connectivity index (χ0v) is 14.3. The van der Waals surface area contributed by atoms with Crippen LogP contribution < -0.4 is 5.32 Å². The Morgan fingerprint density at radius 3 is 2.65 bits per heavy atom. The molecule has 1 N–H and O–H groups in total. The van der Waals surface area contributed by atoms with Gasteiger partial charge in [0.1, 0.15) is 23.8 Å². The van der Waals surface area contributed by atoms with E-state index in [2.05, 4.69) is 15.5 Å². The Morgan fingerprint density at radius 1 is 1.15 bits per heavy atom. The van der Waals surface area contributed by atoms with Crippen LogP contribution in [0.2, 0.25) is 0 Å². The summed E-state index contributed by atoms with van der Waals surface area (Å²) in [5.74, 6) is -2.57. The van der Waals surface area contributed by atoms with E-state index in [0.717, 1.165) is 23.9 Å². The highest BCUT2D eigenvalue weighted by atomic mass is 32.2. The smallest absolute Gasteiger partial charge is 0.237 e. The van der Waals surface area contributed by atoms with Crippen molar-refractivity contribution in [2.24, 2.45) is 0 Å². The number of rotatable bonds is 5. The highest BCUT2D eigenvalue weighted by Crippen LogP contribution is 2.26. The van der Waals surface area contributed by atoms with Crippen molar-refractivity contribution in [2.45, 2.75) is 17.3 Å². The average Bonchev–Trinajstić information content (AvgIpc) is 3.05. The lowest BCUT2D eigenvalue weighted by atomic mass is 10.3. The number of carbonyl (C=O) groups is 1. The van der Waals surface area contributed by atoms with Crippen molar-refractivity contribution < 1.29 is 18.0 Å². The number of halogens is 3. The minimum absolute atomic E-state index is 0.126. The van der Waals surface area contributed by atoms with E-state index in [9.17, 15) is 18.0 Å². The Bertz CT molecular complexity index is 947. The highest BCUT2D eigenvalue weighted by molar-refractivity contribution is 8.00. The molecule has 3 aromatic rings. The van der Waals surface area contributed by atoms with Gasteiger partial charge in [-0.3, -0.25) is 9.36 Å². The Balaban J connectivity index is 1.74. The number of thioether (sulfide) groups is 1. The van der Waals surface area contributed by atoms with Crippen molar-refractivity contribution in [1.29, 1.82) is 0 Å². The minimum Gasteiger partial charge on any atom is -0.323 e. The monoisotopic (exact) mass is 378 g/mol. The van der Waals surface area contributed by atoms with Crippen LogP contribution in [0.3, 0.4) is 0 Å². The lowest BCUT2D eigenvalue weighted by Crippen LogP contribution is -2.23. The van der Waals surface area contributed by atoms with Crippen LogP contribution in [0.25, 0.3) is 5.69 Å². The van der Waals surface area contributed by atoms with Crippen molar-refractivity contribution in [3.8, 4) is 5.69 Å². The van der Waals surface area contributed by atoms with Crippen LogP contribution in [0, 0.1) is 17.5 Å². The Kier molecular flexibility index (Phi) is 5.27. The maximum Gasteiger partial charge on any atom is 0.237 e. The summed E-state index contributed by atoms with van der Waals surface area (Å²) in [5.41, 5.74) is 0.122. The largest absolute Gasteiger partial charge is 0.323 e. The van der Waals surface area contributed by atoms with E-state index in [-0.39, 0.29) is 11.4 Å². The molecule has 0 saturated heterocycles. The molecule has 0 fully saturated rings. The molecule has 134 valence electrons. The molecule has 0 radical (unpaired) electrons. The van der Waals surface area contributed by atoms with E-state index in [1.54, 1.807) is 25.1 Å². The van der Waals surface area contributed by atoms with Crippen LogP contribution in [-0.2, 0) is 4.79 Å². The van der Waals surface area contributed by atoms with E-state index in [4.69, 9.17) is 0 Å². The van der Waals surface area contributed by atoms with E-state index in [1.807, 2.05) is 0 Å². The maximum absolute atomic E-state index is 14.0. The van der Waals surface area contributed by atoms with Gasteiger partial charge >= 0.3 is 0 Å². The SMILES string of the molecule is C[C@H](Sc1nncn1-c1ccccc1F)C(=O)Nc1ccc(F)cc1F.